The average molecular weight is 382 g/mol. The highest BCUT2D eigenvalue weighted by atomic mass is 16.6. The van der Waals surface area contributed by atoms with Crippen molar-refractivity contribution in [2.24, 2.45) is 0 Å². The van der Waals surface area contributed by atoms with Gasteiger partial charge in [0.15, 0.2) is 0 Å². The van der Waals surface area contributed by atoms with Gasteiger partial charge in [-0.3, -0.25) is 4.90 Å². The number of ether oxygens (including phenoxy) is 1. The summed E-state index contributed by atoms with van der Waals surface area (Å²) < 4.78 is 5.63. The van der Waals surface area contributed by atoms with Crippen molar-refractivity contribution in [3.8, 4) is 0 Å². The minimum atomic E-state index is -0.576. The largest absolute Gasteiger partial charge is 0.443 e. The number of nitrogens with zero attached hydrogens (tertiary/aromatic N) is 3. The number of anilines is 2. The van der Waals surface area contributed by atoms with Crippen molar-refractivity contribution in [3.63, 3.8) is 0 Å². The zero-order chi connectivity index (χ0) is 20.1. The summed E-state index contributed by atoms with van der Waals surface area (Å²) in [6.07, 6.45) is 5.15. The van der Waals surface area contributed by atoms with Gasteiger partial charge in [-0.1, -0.05) is 37.6 Å². The molecule has 1 saturated heterocycles. The van der Waals surface area contributed by atoms with Crippen LogP contribution in [-0.4, -0.2) is 34.7 Å². The van der Waals surface area contributed by atoms with E-state index in [1.54, 1.807) is 0 Å². The van der Waals surface area contributed by atoms with E-state index in [9.17, 15) is 4.79 Å². The van der Waals surface area contributed by atoms with Gasteiger partial charge < -0.3 is 4.74 Å². The summed E-state index contributed by atoms with van der Waals surface area (Å²) >= 11 is 0. The molecule has 0 radical (unpaired) electrons. The molecule has 1 aromatic carbocycles. The monoisotopic (exact) mass is 381 g/mol. The fourth-order valence-electron chi connectivity index (χ4n) is 3.69. The molecule has 1 aliphatic heterocycles. The number of amides is 1. The van der Waals surface area contributed by atoms with Crippen LogP contribution in [0.1, 0.15) is 58.6 Å². The number of benzene rings is 1. The molecule has 5 nitrogen and oxygen atoms in total. The number of carbonyl (C=O) groups excluding carboxylic acids is 1. The second kappa shape index (κ2) is 8.74. The first-order valence-corrected chi connectivity index (χ1v) is 10.2. The van der Waals surface area contributed by atoms with E-state index in [-0.39, 0.29) is 0 Å². The number of pyridine rings is 1. The predicted octanol–water partition coefficient (Wildman–Crippen LogP) is 5.70. The van der Waals surface area contributed by atoms with Crippen molar-refractivity contribution >= 4 is 17.6 Å². The van der Waals surface area contributed by atoms with Gasteiger partial charge in [-0.25, -0.2) is 14.7 Å². The van der Waals surface area contributed by atoms with Crippen LogP contribution in [0.4, 0.5) is 16.3 Å². The Morgan fingerprint density at radius 3 is 2.54 bits per heavy atom. The molecule has 1 aromatic heterocycles. The van der Waals surface area contributed by atoms with Gasteiger partial charge in [-0.2, -0.15) is 0 Å². The molecular weight excluding hydrogens is 350 g/mol. The SMILES string of the molecule is CCN1CCCC[C@H]1c1ccc(N(C(=O)OC(C)(C)C)c2ccccc2)nc1. The van der Waals surface area contributed by atoms with E-state index in [4.69, 9.17) is 4.74 Å². The molecule has 1 amide bonds. The second-order valence-corrected chi connectivity index (χ2v) is 8.24. The van der Waals surface area contributed by atoms with Crippen LogP contribution in [-0.2, 0) is 4.74 Å². The lowest BCUT2D eigenvalue weighted by Gasteiger charge is -2.35. The molecule has 5 heteroatoms. The van der Waals surface area contributed by atoms with Crippen molar-refractivity contribution in [2.75, 3.05) is 18.0 Å². The number of carbonyl (C=O) groups is 1. The Balaban J connectivity index is 1.89. The molecule has 0 spiro atoms. The highest BCUT2D eigenvalue weighted by Gasteiger charge is 2.27. The summed E-state index contributed by atoms with van der Waals surface area (Å²) in [4.78, 5) is 21.6. The Labute approximate surface area is 168 Å². The van der Waals surface area contributed by atoms with Crippen LogP contribution in [0.3, 0.4) is 0 Å². The van der Waals surface area contributed by atoms with Crippen molar-refractivity contribution in [3.05, 3.63) is 54.2 Å². The van der Waals surface area contributed by atoms with E-state index in [1.807, 2.05) is 63.4 Å². The van der Waals surface area contributed by atoms with Crippen LogP contribution in [0.15, 0.2) is 48.7 Å². The third-order valence-electron chi connectivity index (χ3n) is 4.99. The van der Waals surface area contributed by atoms with E-state index < -0.39 is 11.7 Å². The maximum atomic E-state index is 12.9. The van der Waals surface area contributed by atoms with E-state index in [2.05, 4.69) is 22.9 Å². The van der Waals surface area contributed by atoms with Gasteiger partial charge in [0, 0.05) is 12.2 Å². The van der Waals surface area contributed by atoms with Gasteiger partial charge >= 0.3 is 6.09 Å². The number of likely N-dealkylation sites (tertiary alicyclic amines) is 1. The normalized spacial score (nSPS) is 17.9. The number of hydrogen-bond donors (Lipinski definition) is 0. The van der Waals surface area contributed by atoms with E-state index in [1.165, 1.54) is 23.3 Å². The minimum absolute atomic E-state index is 0.409. The van der Waals surface area contributed by atoms with Crippen LogP contribution in [0.25, 0.3) is 0 Å². The lowest BCUT2D eigenvalue weighted by molar-refractivity contribution is 0.0598. The van der Waals surface area contributed by atoms with Gasteiger partial charge in [0.05, 0.1) is 5.69 Å². The van der Waals surface area contributed by atoms with E-state index in [0.29, 0.717) is 11.9 Å². The maximum absolute atomic E-state index is 12.9. The average Bonchev–Trinajstić information content (AvgIpc) is 2.68. The summed E-state index contributed by atoms with van der Waals surface area (Å²) in [6, 6.07) is 13.9. The maximum Gasteiger partial charge on any atom is 0.420 e. The summed E-state index contributed by atoms with van der Waals surface area (Å²) in [5, 5.41) is 0. The lowest BCUT2D eigenvalue weighted by atomic mass is 9.96. The van der Waals surface area contributed by atoms with Gasteiger partial charge in [0.2, 0.25) is 0 Å². The highest BCUT2D eigenvalue weighted by molar-refractivity contribution is 5.95. The van der Waals surface area contributed by atoms with Crippen LogP contribution >= 0.6 is 0 Å². The van der Waals surface area contributed by atoms with Crippen molar-refractivity contribution < 1.29 is 9.53 Å². The van der Waals surface area contributed by atoms with Gasteiger partial charge in [0.25, 0.3) is 0 Å². The topological polar surface area (TPSA) is 45.7 Å². The molecule has 150 valence electrons. The van der Waals surface area contributed by atoms with Gasteiger partial charge in [0.1, 0.15) is 11.4 Å². The zero-order valence-electron chi connectivity index (χ0n) is 17.4. The van der Waals surface area contributed by atoms with Crippen LogP contribution < -0.4 is 4.90 Å². The first kappa shape index (κ1) is 20.3. The zero-order valence-corrected chi connectivity index (χ0v) is 17.4. The quantitative estimate of drug-likeness (QED) is 0.681. The molecule has 1 aliphatic rings. The van der Waals surface area contributed by atoms with Gasteiger partial charge in [-0.15, -0.1) is 0 Å². The molecule has 2 heterocycles. The van der Waals surface area contributed by atoms with Gasteiger partial charge in [-0.05, 0) is 70.5 Å². The number of para-hydroxylation sites is 1. The molecule has 2 aromatic rings. The molecule has 0 saturated carbocycles. The Kier molecular flexibility index (Phi) is 6.35. The molecule has 28 heavy (non-hydrogen) atoms. The Morgan fingerprint density at radius 1 is 1.18 bits per heavy atom. The molecule has 3 rings (SSSR count). The molecule has 1 atom stereocenters. The number of aromatic nitrogens is 1. The van der Waals surface area contributed by atoms with Crippen LogP contribution in [0.5, 0.6) is 0 Å². The Bertz CT molecular complexity index is 769. The Hall–Kier alpha value is -2.40. The summed E-state index contributed by atoms with van der Waals surface area (Å²) in [6.45, 7) is 9.99. The predicted molar refractivity (Wildman–Crippen MR) is 113 cm³/mol. The first-order chi connectivity index (χ1) is 13.4. The molecule has 0 bridgehead atoms. The van der Waals surface area contributed by atoms with E-state index >= 15 is 0 Å². The van der Waals surface area contributed by atoms with Crippen molar-refractivity contribution in [1.29, 1.82) is 0 Å². The fourth-order valence-corrected chi connectivity index (χ4v) is 3.69. The summed E-state index contributed by atoms with van der Waals surface area (Å²) in [5.41, 5.74) is 1.38. The third-order valence-corrected chi connectivity index (χ3v) is 4.99. The number of hydrogen-bond acceptors (Lipinski definition) is 4. The minimum Gasteiger partial charge on any atom is -0.443 e. The summed E-state index contributed by atoms with van der Waals surface area (Å²) in [7, 11) is 0. The molecule has 0 N–H and O–H groups in total. The van der Waals surface area contributed by atoms with Crippen LogP contribution in [0.2, 0.25) is 0 Å². The second-order valence-electron chi connectivity index (χ2n) is 8.24. The summed E-state index contributed by atoms with van der Waals surface area (Å²) in [5.74, 6) is 0.572. The molecule has 1 fully saturated rings. The first-order valence-electron chi connectivity index (χ1n) is 10.2. The number of rotatable bonds is 4. The Morgan fingerprint density at radius 2 is 1.93 bits per heavy atom. The van der Waals surface area contributed by atoms with E-state index in [0.717, 1.165) is 25.2 Å². The fraction of sp³-hybridized carbons (Fsp3) is 0.478. The van der Waals surface area contributed by atoms with Crippen LogP contribution in [0, 0.1) is 0 Å². The third kappa shape index (κ3) is 4.90. The molecular formula is C23H31N3O2. The molecule has 0 aliphatic carbocycles. The van der Waals surface area contributed by atoms with Crippen molar-refractivity contribution in [2.45, 2.75) is 58.6 Å². The number of piperidine rings is 1. The van der Waals surface area contributed by atoms with Crippen molar-refractivity contribution in [1.82, 2.24) is 9.88 Å². The lowest BCUT2D eigenvalue weighted by Crippen LogP contribution is -2.35. The smallest absolute Gasteiger partial charge is 0.420 e. The standard InChI is InChI=1S/C23H31N3O2/c1-5-25-16-10-9-13-20(25)18-14-15-21(24-17-18)26(19-11-7-6-8-12-19)22(27)28-23(2,3)4/h6-8,11-12,14-15,17,20H,5,9-10,13,16H2,1-4H3/t20-/m0/s1. The highest BCUT2D eigenvalue weighted by Crippen LogP contribution is 2.32. The molecule has 0 unspecified atom stereocenters.